The van der Waals surface area contributed by atoms with E-state index in [1.807, 2.05) is 24.8 Å². The number of fused-ring (bicyclic) bond motifs is 1. The SMILES string of the molecule is Cc1nc2cnc(Nc3ccnc(N4CCC(C)(C(N)=O)C4)n3)cc2n1C(C)C. The molecule has 0 radical (unpaired) electrons. The Balaban J connectivity index is 1.59. The van der Waals surface area contributed by atoms with Crippen LogP contribution in [0.2, 0.25) is 0 Å². The van der Waals surface area contributed by atoms with Gasteiger partial charge in [-0.2, -0.15) is 4.98 Å². The molecular weight excluding hydrogens is 368 g/mol. The number of pyridine rings is 1. The fraction of sp³-hybridized carbons (Fsp3) is 0.450. The van der Waals surface area contributed by atoms with E-state index < -0.39 is 5.41 Å². The lowest BCUT2D eigenvalue weighted by Gasteiger charge is -2.21. The van der Waals surface area contributed by atoms with Crippen molar-refractivity contribution < 1.29 is 4.79 Å². The zero-order chi connectivity index (χ0) is 20.8. The van der Waals surface area contributed by atoms with Crippen molar-refractivity contribution in [3.63, 3.8) is 0 Å². The number of nitrogens with one attached hydrogen (secondary N) is 1. The third kappa shape index (κ3) is 3.48. The molecule has 0 aliphatic carbocycles. The van der Waals surface area contributed by atoms with Crippen molar-refractivity contribution in [2.75, 3.05) is 23.3 Å². The van der Waals surface area contributed by atoms with Crippen LogP contribution < -0.4 is 16.0 Å². The van der Waals surface area contributed by atoms with E-state index in [9.17, 15) is 4.79 Å². The van der Waals surface area contributed by atoms with Crippen LogP contribution in [0.3, 0.4) is 0 Å². The number of aromatic nitrogens is 5. The molecule has 4 heterocycles. The summed E-state index contributed by atoms with van der Waals surface area (Å²) in [5, 5.41) is 3.26. The maximum absolute atomic E-state index is 11.7. The number of anilines is 3. The molecule has 29 heavy (non-hydrogen) atoms. The number of amides is 1. The second kappa shape index (κ2) is 6.98. The normalized spacial score (nSPS) is 19.3. The molecular formula is C20H26N8O. The average molecular weight is 394 g/mol. The predicted molar refractivity (Wildman–Crippen MR) is 112 cm³/mol. The number of rotatable bonds is 5. The zero-order valence-electron chi connectivity index (χ0n) is 17.2. The van der Waals surface area contributed by atoms with Gasteiger partial charge in [-0.25, -0.2) is 15.0 Å². The summed E-state index contributed by atoms with van der Waals surface area (Å²) in [5.41, 5.74) is 6.90. The van der Waals surface area contributed by atoms with Crippen molar-refractivity contribution in [3.8, 4) is 0 Å². The lowest BCUT2D eigenvalue weighted by Crippen LogP contribution is -2.37. The molecule has 3 aromatic rings. The fourth-order valence-electron chi connectivity index (χ4n) is 3.87. The lowest BCUT2D eigenvalue weighted by atomic mass is 9.89. The van der Waals surface area contributed by atoms with Crippen LogP contribution >= 0.6 is 0 Å². The Kier molecular flexibility index (Phi) is 4.60. The third-order valence-corrected chi connectivity index (χ3v) is 5.52. The number of imidazole rings is 1. The molecule has 9 nitrogen and oxygen atoms in total. The van der Waals surface area contributed by atoms with E-state index in [1.54, 1.807) is 18.5 Å². The minimum atomic E-state index is -0.549. The maximum Gasteiger partial charge on any atom is 0.227 e. The molecule has 3 N–H and O–H groups in total. The Morgan fingerprint density at radius 1 is 1.28 bits per heavy atom. The molecule has 0 bridgehead atoms. The lowest BCUT2D eigenvalue weighted by molar-refractivity contribution is -0.125. The third-order valence-electron chi connectivity index (χ3n) is 5.52. The number of carbonyl (C=O) groups excluding carboxylic acids is 1. The quantitative estimate of drug-likeness (QED) is 0.683. The van der Waals surface area contributed by atoms with E-state index in [1.165, 1.54) is 0 Å². The first-order valence-electron chi connectivity index (χ1n) is 9.76. The number of aryl methyl sites for hydroxylation is 1. The van der Waals surface area contributed by atoms with Crippen molar-refractivity contribution in [1.82, 2.24) is 24.5 Å². The Labute approximate surface area is 169 Å². The summed E-state index contributed by atoms with van der Waals surface area (Å²) in [7, 11) is 0. The second-order valence-electron chi connectivity index (χ2n) is 8.14. The summed E-state index contributed by atoms with van der Waals surface area (Å²) in [6.45, 7) is 9.36. The Bertz CT molecular complexity index is 1080. The van der Waals surface area contributed by atoms with E-state index in [4.69, 9.17) is 5.73 Å². The number of primary amides is 1. The summed E-state index contributed by atoms with van der Waals surface area (Å²) >= 11 is 0. The molecule has 1 amide bonds. The number of carbonyl (C=O) groups is 1. The van der Waals surface area contributed by atoms with Crippen molar-refractivity contribution in [2.24, 2.45) is 11.1 Å². The topological polar surface area (TPSA) is 115 Å². The molecule has 1 fully saturated rings. The van der Waals surface area contributed by atoms with Gasteiger partial charge >= 0.3 is 0 Å². The zero-order valence-corrected chi connectivity index (χ0v) is 17.2. The van der Waals surface area contributed by atoms with Gasteiger partial charge in [0.25, 0.3) is 0 Å². The van der Waals surface area contributed by atoms with Gasteiger partial charge in [-0.05, 0) is 40.2 Å². The van der Waals surface area contributed by atoms with Gasteiger partial charge < -0.3 is 20.5 Å². The van der Waals surface area contributed by atoms with Crippen molar-refractivity contribution in [1.29, 1.82) is 0 Å². The highest BCUT2D eigenvalue weighted by atomic mass is 16.1. The highest BCUT2D eigenvalue weighted by Crippen LogP contribution is 2.32. The minimum Gasteiger partial charge on any atom is -0.369 e. The van der Waals surface area contributed by atoms with E-state index in [2.05, 4.69) is 43.7 Å². The van der Waals surface area contributed by atoms with Gasteiger partial charge in [0.2, 0.25) is 11.9 Å². The number of nitrogens with two attached hydrogens (primary N) is 1. The average Bonchev–Trinajstić information content (AvgIpc) is 3.22. The van der Waals surface area contributed by atoms with Gasteiger partial charge in [-0.1, -0.05) is 0 Å². The molecule has 1 aliphatic heterocycles. The van der Waals surface area contributed by atoms with Crippen molar-refractivity contribution >= 4 is 34.5 Å². The largest absolute Gasteiger partial charge is 0.369 e. The highest BCUT2D eigenvalue weighted by molar-refractivity contribution is 5.82. The minimum absolute atomic E-state index is 0.288. The molecule has 9 heteroatoms. The van der Waals surface area contributed by atoms with Crippen LogP contribution in [0.1, 0.15) is 39.1 Å². The van der Waals surface area contributed by atoms with Gasteiger partial charge in [0, 0.05) is 31.4 Å². The monoisotopic (exact) mass is 394 g/mol. The number of hydrogen-bond donors (Lipinski definition) is 2. The molecule has 1 saturated heterocycles. The summed E-state index contributed by atoms with van der Waals surface area (Å²) in [4.78, 5) is 31.7. The number of hydrogen-bond acceptors (Lipinski definition) is 7. The standard InChI is InChI=1S/C20H26N8O/c1-12(2)28-13(3)24-14-10-23-17(9-15(14)28)25-16-5-7-22-19(26-16)27-8-6-20(4,11-27)18(21)29/h5,7,9-10,12H,6,8,11H2,1-4H3,(H2,21,29)(H,22,23,25,26). The highest BCUT2D eigenvalue weighted by Gasteiger charge is 2.39. The predicted octanol–water partition coefficient (Wildman–Crippen LogP) is 2.56. The van der Waals surface area contributed by atoms with E-state index in [0.29, 0.717) is 43.1 Å². The molecule has 4 rings (SSSR count). The summed E-state index contributed by atoms with van der Waals surface area (Å²) < 4.78 is 2.18. The van der Waals surface area contributed by atoms with Crippen LogP contribution in [0.15, 0.2) is 24.5 Å². The van der Waals surface area contributed by atoms with Crippen LogP contribution in [0.4, 0.5) is 17.6 Å². The van der Waals surface area contributed by atoms with Crippen molar-refractivity contribution in [3.05, 3.63) is 30.4 Å². The molecule has 1 atom stereocenters. The Hall–Kier alpha value is -3.23. The first kappa shape index (κ1) is 19.1. The van der Waals surface area contributed by atoms with E-state index in [-0.39, 0.29) is 5.91 Å². The fourth-order valence-corrected chi connectivity index (χ4v) is 3.87. The molecule has 0 aromatic carbocycles. The van der Waals surface area contributed by atoms with Crippen LogP contribution in [0.25, 0.3) is 11.0 Å². The first-order chi connectivity index (χ1) is 13.8. The van der Waals surface area contributed by atoms with Crippen LogP contribution in [-0.4, -0.2) is 43.5 Å². The Morgan fingerprint density at radius 3 is 2.76 bits per heavy atom. The molecule has 3 aromatic heterocycles. The smallest absolute Gasteiger partial charge is 0.227 e. The summed E-state index contributed by atoms with van der Waals surface area (Å²) in [6.07, 6.45) is 4.16. The molecule has 0 spiro atoms. The van der Waals surface area contributed by atoms with Gasteiger partial charge in [0.1, 0.15) is 23.0 Å². The Morgan fingerprint density at radius 2 is 2.07 bits per heavy atom. The summed E-state index contributed by atoms with van der Waals surface area (Å²) in [5.74, 6) is 2.58. The first-order valence-corrected chi connectivity index (χ1v) is 9.76. The van der Waals surface area contributed by atoms with Crippen molar-refractivity contribution in [2.45, 2.75) is 40.2 Å². The van der Waals surface area contributed by atoms with Crippen LogP contribution in [0, 0.1) is 12.3 Å². The molecule has 1 aliphatic rings. The van der Waals surface area contributed by atoms with Gasteiger partial charge in [0.05, 0.1) is 17.1 Å². The van der Waals surface area contributed by atoms with Crippen LogP contribution in [-0.2, 0) is 4.79 Å². The van der Waals surface area contributed by atoms with E-state index in [0.717, 1.165) is 16.9 Å². The summed E-state index contributed by atoms with van der Waals surface area (Å²) in [6, 6.07) is 4.08. The molecule has 1 unspecified atom stereocenters. The van der Waals surface area contributed by atoms with Gasteiger partial charge in [-0.3, -0.25) is 4.79 Å². The van der Waals surface area contributed by atoms with Gasteiger partial charge in [0.15, 0.2) is 0 Å². The molecule has 152 valence electrons. The number of nitrogens with zero attached hydrogens (tertiary/aromatic N) is 6. The van der Waals surface area contributed by atoms with Crippen LogP contribution in [0.5, 0.6) is 0 Å². The van der Waals surface area contributed by atoms with E-state index >= 15 is 0 Å². The second-order valence-corrected chi connectivity index (χ2v) is 8.14. The maximum atomic E-state index is 11.7. The van der Waals surface area contributed by atoms with Gasteiger partial charge in [-0.15, -0.1) is 0 Å². The molecule has 0 saturated carbocycles.